The molecule has 0 aliphatic heterocycles. The molecule has 132 valence electrons. The van der Waals surface area contributed by atoms with Crippen LogP contribution in [0.2, 0.25) is 5.02 Å². The minimum atomic E-state index is 0.0900. The van der Waals surface area contributed by atoms with Crippen LogP contribution in [-0.2, 0) is 4.79 Å². The SMILES string of the molecule is COc1cccc([C@H]2CC[C@@H](CC(=O)Nc3ccc(Cl)cc3)CC2)c1. The van der Waals surface area contributed by atoms with Gasteiger partial charge in [-0.3, -0.25) is 4.79 Å². The van der Waals surface area contributed by atoms with E-state index in [1.807, 2.05) is 18.2 Å². The summed E-state index contributed by atoms with van der Waals surface area (Å²) in [6, 6.07) is 15.6. The Morgan fingerprint density at radius 2 is 1.84 bits per heavy atom. The van der Waals surface area contributed by atoms with Crippen molar-refractivity contribution in [3.8, 4) is 5.75 Å². The maximum absolute atomic E-state index is 12.2. The molecule has 0 aromatic heterocycles. The number of benzene rings is 2. The van der Waals surface area contributed by atoms with Crippen molar-refractivity contribution in [1.29, 1.82) is 0 Å². The van der Waals surface area contributed by atoms with Crippen LogP contribution in [0.3, 0.4) is 0 Å². The average molecular weight is 358 g/mol. The Morgan fingerprint density at radius 1 is 1.12 bits per heavy atom. The fourth-order valence-electron chi connectivity index (χ4n) is 3.60. The van der Waals surface area contributed by atoms with E-state index >= 15 is 0 Å². The summed E-state index contributed by atoms with van der Waals surface area (Å²) in [5.41, 5.74) is 2.16. The zero-order valence-corrected chi connectivity index (χ0v) is 15.3. The van der Waals surface area contributed by atoms with Crippen molar-refractivity contribution in [2.75, 3.05) is 12.4 Å². The fourth-order valence-corrected chi connectivity index (χ4v) is 3.73. The zero-order valence-electron chi connectivity index (χ0n) is 14.5. The van der Waals surface area contributed by atoms with Crippen LogP contribution >= 0.6 is 11.6 Å². The van der Waals surface area contributed by atoms with Crippen LogP contribution in [0.25, 0.3) is 0 Å². The van der Waals surface area contributed by atoms with E-state index in [4.69, 9.17) is 16.3 Å². The molecule has 1 amide bonds. The lowest BCUT2D eigenvalue weighted by Crippen LogP contribution is -2.20. The van der Waals surface area contributed by atoms with Crippen LogP contribution in [0.15, 0.2) is 48.5 Å². The Morgan fingerprint density at radius 3 is 2.52 bits per heavy atom. The molecule has 0 bridgehead atoms. The first-order valence-electron chi connectivity index (χ1n) is 8.83. The predicted octanol–water partition coefficient (Wildman–Crippen LogP) is 5.65. The van der Waals surface area contributed by atoms with E-state index in [1.54, 1.807) is 19.2 Å². The number of halogens is 1. The van der Waals surface area contributed by atoms with Crippen molar-refractivity contribution in [2.24, 2.45) is 5.92 Å². The van der Waals surface area contributed by atoms with Gasteiger partial charge in [-0.1, -0.05) is 23.7 Å². The van der Waals surface area contributed by atoms with Crippen LogP contribution in [0.4, 0.5) is 5.69 Å². The van der Waals surface area contributed by atoms with Crippen molar-refractivity contribution in [3.05, 3.63) is 59.1 Å². The van der Waals surface area contributed by atoms with Crippen LogP contribution in [0, 0.1) is 5.92 Å². The van der Waals surface area contributed by atoms with Gasteiger partial charge in [0.25, 0.3) is 0 Å². The van der Waals surface area contributed by atoms with Gasteiger partial charge < -0.3 is 10.1 Å². The first-order chi connectivity index (χ1) is 12.1. The summed E-state index contributed by atoms with van der Waals surface area (Å²) in [5, 5.41) is 3.64. The average Bonchev–Trinajstić information content (AvgIpc) is 2.64. The Hall–Kier alpha value is -2.00. The molecule has 1 fully saturated rings. The summed E-state index contributed by atoms with van der Waals surface area (Å²) in [6.07, 6.45) is 5.04. The summed E-state index contributed by atoms with van der Waals surface area (Å²) in [6.45, 7) is 0. The van der Waals surface area contributed by atoms with Gasteiger partial charge in [-0.05, 0) is 79.5 Å². The molecule has 1 aliphatic rings. The highest BCUT2D eigenvalue weighted by molar-refractivity contribution is 6.30. The third kappa shape index (κ3) is 4.99. The second-order valence-corrected chi connectivity index (χ2v) is 7.19. The second-order valence-electron chi connectivity index (χ2n) is 6.75. The molecule has 1 aliphatic carbocycles. The van der Waals surface area contributed by atoms with Crippen molar-refractivity contribution >= 4 is 23.2 Å². The molecule has 0 heterocycles. The van der Waals surface area contributed by atoms with Gasteiger partial charge in [0, 0.05) is 17.1 Å². The standard InChI is InChI=1S/C21H24ClNO2/c1-25-20-4-2-3-17(14-20)16-7-5-15(6-8-16)13-21(24)23-19-11-9-18(22)10-12-19/h2-4,9-12,14-16H,5-8,13H2,1H3,(H,23,24)/t15-,16+. The van der Waals surface area contributed by atoms with Crippen molar-refractivity contribution < 1.29 is 9.53 Å². The van der Waals surface area contributed by atoms with Gasteiger partial charge in [0.15, 0.2) is 0 Å². The molecule has 1 saturated carbocycles. The zero-order chi connectivity index (χ0) is 17.6. The van der Waals surface area contributed by atoms with Gasteiger partial charge >= 0.3 is 0 Å². The lowest BCUT2D eigenvalue weighted by atomic mass is 9.77. The molecule has 0 unspecified atom stereocenters. The largest absolute Gasteiger partial charge is 0.497 e. The van der Waals surface area contributed by atoms with Gasteiger partial charge in [-0.2, -0.15) is 0 Å². The minimum Gasteiger partial charge on any atom is -0.497 e. The summed E-state index contributed by atoms with van der Waals surface area (Å²) in [4.78, 5) is 12.2. The van der Waals surface area contributed by atoms with E-state index in [0.717, 1.165) is 37.1 Å². The van der Waals surface area contributed by atoms with E-state index in [9.17, 15) is 4.79 Å². The highest BCUT2D eigenvalue weighted by Gasteiger charge is 2.24. The van der Waals surface area contributed by atoms with Gasteiger partial charge in [-0.15, -0.1) is 0 Å². The van der Waals surface area contributed by atoms with E-state index < -0.39 is 0 Å². The normalized spacial score (nSPS) is 20.1. The molecule has 2 aromatic rings. The number of amides is 1. The molecule has 3 nitrogen and oxygen atoms in total. The molecular formula is C21H24ClNO2. The van der Waals surface area contributed by atoms with Crippen molar-refractivity contribution in [1.82, 2.24) is 0 Å². The molecule has 4 heteroatoms. The number of hydrogen-bond acceptors (Lipinski definition) is 2. The Kier molecular flexibility index (Phi) is 5.98. The molecule has 0 spiro atoms. The number of carbonyl (C=O) groups is 1. The molecule has 25 heavy (non-hydrogen) atoms. The van der Waals surface area contributed by atoms with E-state index in [-0.39, 0.29) is 5.91 Å². The Bertz CT molecular complexity index is 706. The number of anilines is 1. The van der Waals surface area contributed by atoms with E-state index in [2.05, 4.69) is 23.5 Å². The highest BCUT2D eigenvalue weighted by atomic mass is 35.5. The minimum absolute atomic E-state index is 0.0900. The first-order valence-corrected chi connectivity index (χ1v) is 9.21. The lowest BCUT2D eigenvalue weighted by molar-refractivity contribution is -0.117. The predicted molar refractivity (Wildman–Crippen MR) is 102 cm³/mol. The van der Waals surface area contributed by atoms with Gasteiger partial charge in [0.05, 0.1) is 7.11 Å². The van der Waals surface area contributed by atoms with E-state index in [0.29, 0.717) is 23.3 Å². The molecular weight excluding hydrogens is 334 g/mol. The van der Waals surface area contributed by atoms with Gasteiger partial charge in [-0.25, -0.2) is 0 Å². The number of rotatable bonds is 5. The monoisotopic (exact) mass is 357 g/mol. The van der Waals surface area contributed by atoms with Gasteiger partial charge in [0.2, 0.25) is 5.91 Å². The highest BCUT2D eigenvalue weighted by Crippen LogP contribution is 2.38. The number of carbonyl (C=O) groups excluding carboxylic acids is 1. The molecule has 0 radical (unpaired) electrons. The summed E-state index contributed by atoms with van der Waals surface area (Å²) in [7, 11) is 1.70. The molecule has 0 saturated heterocycles. The second kappa shape index (κ2) is 8.39. The van der Waals surface area contributed by atoms with E-state index in [1.165, 1.54) is 5.56 Å². The maximum Gasteiger partial charge on any atom is 0.224 e. The quantitative estimate of drug-likeness (QED) is 0.750. The van der Waals surface area contributed by atoms with Gasteiger partial charge in [0.1, 0.15) is 5.75 Å². The first kappa shape index (κ1) is 17.8. The van der Waals surface area contributed by atoms with Crippen LogP contribution in [0.5, 0.6) is 5.75 Å². The number of hydrogen-bond donors (Lipinski definition) is 1. The number of nitrogens with one attached hydrogen (secondary N) is 1. The summed E-state index contributed by atoms with van der Waals surface area (Å²) >= 11 is 5.87. The number of ether oxygens (including phenoxy) is 1. The smallest absolute Gasteiger partial charge is 0.224 e. The molecule has 0 atom stereocenters. The van der Waals surface area contributed by atoms with Crippen LogP contribution < -0.4 is 10.1 Å². The van der Waals surface area contributed by atoms with Crippen LogP contribution in [-0.4, -0.2) is 13.0 Å². The summed E-state index contributed by atoms with van der Waals surface area (Å²) < 4.78 is 5.32. The maximum atomic E-state index is 12.2. The summed E-state index contributed by atoms with van der Waals surface area (Å²) in [5.74, 6) is 2.05. The Labute approximate surface area is 154 Å². The topological polar surface area (TPSA) is 38.3 Å². The Balaban J connectivity index is 1.48. The molecule has 1 N–H and O–H groups in total. The van der Waals surface area contributed by atoms with Crippen LogP contribution in [0.1, 0.15) is 43.6 Å². The number of methoxy groups -OCH3 is 1. The molecule has 2 aromatic carbocycles. The third-order valence-electron chi connectivity index (χ3n) is 5.01. The lowest BCUT2D eigenvalue weighted by Gasteiger charge is -2.28. The third-order valence-corrected chi connectivity index (χ3v) is 5.27. The van der Waals surface area contributed by atoms with Crippen molar-refractivity contribution in [3.63, 3.8) is 0 Å². The molecule has 3 rings (SSSR count). The fraction of sp³-hybridized carbons (Fsp3) is 0.381. The van der Waals surface area contributed by atoms with Crippen molar-refractivity contribution in [2.45, 2.75) is 38.0 Å².